The molecule has 0 unspecified atom stereocenters. The van der Waals surface area contributed by atoms with Crippen molar-refractivity contribution in [1.29, 1.82) is 5.26 Å². The van der Waals surface area contributed by atoms with Gasteiger partial charge in [-0.25, -0.2) is 0 Å². The number of rotatable bonds is 3. The Bertz CT molecular complexity index is 587. The van der Waals surface area contributed by atoms with Gasteiger partial charge in [0.05, 0.1) is 11.6 Å². The average Bonchev–Trinajstić information content (AvgIpc) is 2.60. The minimum Gasteiger partial charge on any atom is -0.339 e. The van der Waals surface area contributed by atoms with E-state index in [-0.39, 0.29) is 0 Å². The molecule has 1 amide bonds. The molecule has 0 spiro atoms. The van der Waals surface area contributed by atoms with Crippen molar-refractivity contribution in [3.63, 3.8) is 0 Å². The first kappa shape index (κ1) is 16.1. The maximum Gasteiger partial charge on any atom is 0.223 e. The molecule has 1 saturated carbocycles. The molecule has 1 heterocycles. The third kappa shape index (κ3) is 3.58. The predicted octanol–water partition coefficient (Wildman–Crippen LogP) is 3.92. The highest BCUT2D eigenvalue weighted by Crippen LogP contribution is 2.39. The van der Waals surface area contributed by atoms with Crippen LogP contribution in [0.5, 0.6) is 0 Å². The van der Waals surface area contributed by atoms with E-state index in [4.69, 9.17) is 5.26 Å². The fraction of sp³-hybridized carbons (Fsp3) is 0.600. The van der Waals surface area contributed by atoms with Gasteiger partial charge in [0.25, 0.3) is 0 Å². The van der Waals surface area contributed by atoms with E-state index >= 15 is 0 Å². The van der Waals surface area contributed by atoms with E-state index in [2.05, 4.69) is 17.9 Å². The van der Waals surface area contributed by atoms with Crippen LogP contribution in [0.15, 0.2) is 24.3 Å². The molecule has 1 aliphatic heterocycles. The Balaban J connectivity index is 1.59. The van der Waals surface area contributed by atoms with Crippen LogP contribution in [0.3, 0.4) is 0 Å². The van der Waals surface area contributed by atoms with E-state index in [0.29, 0.717) is 23.9 Å². The summed E-state index contributed by atoms with van der Waals surface area (Å²) in [5.74, 6) is 1.80. The summed E-state index contributed by atoms with van der Waals surface area (Å²) in [5.41, 5.74) is 1.82. The fourth-order valence-electron chi connectivity index (χ4n) is 4.36. The molecule has 1 aliphatic carbocycles. The van der Waals surface area contributed by atoms with Crippen molar-refractivity contribution >= 4 is 5.91 Å². The van der Waals surface area contributed by atoms with Gasteiger partial charge in [0.15, 0.2) is 0 Å². The van der Waals surface area contributed by atoms with E-state index in [9.17, 15) is 4.79 Å². The zero-order valence-corrected chi connectivity index (χ0v) is 14.0. The summed E-state index contributed by atoms with van der Waals surface area (Å²) in [6.07, 6.45) is 7.61. The summed E-state index contributed by atoms with van der Waals surface area (Å²) in [6.45, 7) is 3.30. The first-order chi connectivity index (χ1) is 11.2. The third-order valence-electron chi connectivity index (χ3n) is 5.77. The largest absolute Gasteiger partial charge is 0.339 e. The smallest absolute Gasteiger partial charge is 0.223 e. The SMILES string of the molecule is C[C@@H]1CCN(C(=O)CCc2ccc(C#N)cc2)[C@@H]2CCCC[C@@H]12. The Morgan fingerprint density at radius 3 is 2.70 bits per heavy atom. The minimum atomic E-state index is 0.318. The second-order valence-electron chi connectivity index (χ2n) is 7.18. The minimum absolute atomic E-state index is 0.318. The lowest BCUT2D eigenvalue weighted by atomic mass is 9.72. The molecule has 1 saturated heterocycles. The van der Waals surface area contributed by atoms with Gasteiger partial charge in [0, 0.05) is 19.0 Å². The van der Waals surface area contributed by atoms with Crippen molar-refractivity contribution in [2.75, 3.05) is 6.54 Å². The monoisotopic (exact) mass is 310 g/mol. The first-order valence-electron chi connectivity index (χ1n) is 8.97. The van der Waals surface area contributed by atoms with Crippen molar-refractivity contribution in [1.82, 2.24) is 4.90 Å². The van der Waals surface area contributed by atoms with Gasteiger partial charge in [-0.2, -0.15) is 5.26 Å². The van der Waals surface area contributed by atoms with Crippen LogP contribution >= 0.6 is 0 Å². The van der Waals surface area contributed by atoms with E-state index in [0.717, 1.165) is 36.8 Å². The zero-order chi connectivity index (χ0) is 16.2. The van der Waals surface area contributed by atoms with Gasteiger partial charge >= 0.3 is 0 Å². The number of carbonyl (C=O) groups is 1. The molecule has 2 fully saturated rings. The molecule has 3 atom stereocenters. The Hall–Kier alpha value is -1.82. The van der Waals surface area contributed by atoms with Crippen LogP contribution in [0.25, 0.3) is 0 Å². The first-order valence-corrected chi connectivity index (χ1v) is 8.97. The highest BCUT2D eigenvalue weighted by atomic mass is 16.2. The molecule has 3 nitrogen and oxygen atoms in total. The average molecular weight is 310 g/mol. The summed E-state index contributed by atoms with van der Waals surface area (Å²) in [5, 5.41) is 8.84. The van der Waals surface area contributed by atoms with Gasteiger partial charge in [0.2, 0.25) is 5.91 Å². The number of fused-ring (bicyclic) bond motifs is 1. The molecular weight excluding hydrogens is 284 g/mol. The van der Waals surface area contributed by atoms with E-state index in [1.54, 1.807) is 0 Å². The van der Waals surface area contributed by atoms with E-state index < -0.39 is 0 Å². The lowest BCUT2D eigenvalue weighted by Crippen LogP contribution is -2.52. The highest BCUT2D eigenvalue weighted by Gasteiger charge is 2.38. The van der Waals surface area contributed by atoms with Gasteiger partial charge in [-0.05, 0) is 55.2 Å². The van der Waals surface area contributed by atoms with Crippen molar-refractivity contribution in [2.24, 2.45) is 11.8 Å². The number of piperidine rings is 1. The van der Waals surface area contributed by atoms with Gasteiger partial charge in [-0.1, -0.05) is 31.9 Å². The van der Waals surface area contributed by atoms with Crippen LogP contribution in [0.4, 0.5) is 0 Å². The van der Waals surface area contributed by atoms with E-state index in [1.807, 2.05) is 24.3 Å². The number of hydrogen-bond donors (Lipinski definition) is 0. The lowest BCUT2D eigenvalue weighted by molar-refractivity contribution is -0.139. The molecule has 0 bridgehead atoms. The summed E-state index contributed by atoms with van der Waals surface area (Å²) in [4.78, 5) is 14.9. The number of aryl methyl sites for hydroxylation is 1. The van der Waals surface area contributed by atoms with Crippen LogP contribution in [0.1, 0.15) is 56.6 Å². The number of benzene rings is 1. The topological polar surface area (TPSA) is 44.1 Å². The highest BCUT2D eigenvalue weighted by molar-refractivity contribution is 5.77. The second kappa shape index (κ2) is 7.17. The molecular formula is C20H26N2O. The van der Waals surface area contributed by atoms with Crippen LogP contribution in [-0.2, 0) is 11.2 Å². The Morgan fingerprint density at radius 1 is 1.22 bits per heavy atom. The van der Waals surface area contributed by atoms with Gasteiger partial charge in [-0.3, -0.25) is 4.79 Å². The Kier molecular flexibility index (Phi) is 5.00. The summed E-state index contributed by atoms with van der Waals surface area (Å²) in [6, 6.07) is 10.2. The van der Waals surface area contributed by atoms with Gasteiger partial charge in [-0.15, -0.1) is 0 Å². The summed E-state index contributed by atoms with van der Waals surface area (Å²) >= 11 is 0. The summed E-state index contributed by atoms with van der Waals surface area (Å²) < 4.78 is 0. The number of nitriles is 1. The quantitative estimate of drug-likeness (QED) is 0.849. The molecule has 1 aromatic rings. The fourth-order valence-corrected chi connectivity index (χ4v) is 4.36. The Morgan fingerprint density at radius 2 is 1.96 bits per heavy atom. The number of likely N-dealkylation sites (tertiary alicyclic amines) is 1. The molecule has 3 heteroatoms. The van der Waals surface area contributed by atoms with Crippen molar-refractivity contribution in [3.05, 3.63) is 35.4 Å². The van der Waals surface area contributed by atoms with E-state index in [1.165, 1.54) is 25.7 Å². The van der Waals surface area contributed by atoms with Gasteiger partial charge in [0.1, 0.15) is 0 Å². The van der Waals surface area contributed by atoms with Crippen LogP contribution in [-0.4, -0.2) is 23.4 Å². The van der Waals surface area contributed by atoms with Crippen LogP contribution in [0, 0.1) is 23.2 Å². The van der Waals surface area contributed by atoms with Crippen LogP contribution < -0.4 is 0 Å². The van der Waals surface area contributed by atoms with Crippen molar-refractivity contribution < 1.29 is 4.79 Å². The zero-order valence-electron chi connectivity index (χ0n) is 14.0. The molecule has 1 aromatic carbocycles. The maximum atomic E-state index is 12.7. The normalized spacial score (nSPS) is 27.1. The number of amides is 1. The number of carbonyl (C=O) groups excluding carboxylic acids is 1. The number of hydrogen-bond acceptors (Lipinski definition) is 2. The second-order valence-corrected chi connectivity index (χ2v) is 7.18. The standard InChI is InChI=1S/C20H26N2O/c1-15-12-13-22(19-5-3-2-4-18(15)19)20(23)11-10-16-6-8-17(14-21)9-7-16/h6-9,15,18-19H,2-5,10-13H2,1H3/t15-,18+,19-/m1/s1. The molecule has 23 heavy (non-hydrogen) atoms. The molecule has 0 radical (unpaired) electrons. The molecule has 0 N–H and O–H groups in total. The molecule has 0 aromatic heterocycles. The maximum absolute atomic E-state index is 12.7. The lowest BCUT2D eigenvalue weighted by Gasteiger charge is -2.47. The Labute approximate surface area is 139 Å². The third-order valence-corrected chi connectivity index (χ3v) is 5.77. The molecule has 2 aliphatic rings. The number of nitrogens with zero attached hydrogens (tertiary/aromatic N) is 2. The molecule has 122 valence electrons. The van der Waals surface area contributed by atoms with Crippen molar-refractivity contribution in [3.8, 4) is 6.07 Å². The van der Waals surface area contributed by atoms with Crippen molar-refractivity contribution in [2.45, 2.75) is 57.9 Å². The van der Waals surface area contributed by atoms with Gasteiger partial charge < -0.3 is 4.90 Å². The summed E-state index contributed by atoms with van der Waals surface area (Å²) in [7, 11) is 0. The molecule has 3 rings (SSSR count). The van der Waals surface area contributed by atoms with Crippen LogP contribution in [0.2, 0.25) is 0 Å². The predicted molar refractivity (Wildman–Crippen MR) is 90.7 cm³/mol.